The lowest BCUT2D eigenvalue weighted by Gasteiger charge is -2.36. The Labute approximate surface area is 101 Å². The van der Waals surface area contributed by atoms with E-state index in [1.807, 2.05) is 30.9 Å². The van der Waals surface area contributed by atoms with E-state index in [4.69, 9.17) is 0 Å². The fraction of sp³-hybridized carbons (Fsp3) is 0.462. The van der Waals surface area contributed by atoms with Crippen LogP contribution in [0.4, 0.5) is 5.69 Å². The molecule has 1 aliphatic rings. The van der Waals surface area contributed by atoms with Crippen LogP contribution in [0.15, 0.2) is 18.2 Å². The molecular formula is C13H18N2O2. The van der Waals surface area contributed by atoms with Gasteiger partial charge in [-0.05, 0) is 25.5 Å². The standard InChI is InChI=1S/C13H18N2O2/c1-9-3-4-11(10(2)7-9)15-6-5-14-13(17)12(15)8-16/h3-4,7,12,16H,5-6,8H2,1-2H3,(H,14,17). The van der Waals surface area contributed by atoms with Gasteiger partial charge in [-0.3, -0.25) is 4.79 Å². The zero-order chi connectivity index (χ0) is 12.4. The van der Waals surface area contributed by atoms with E-state index in [1.54, 1.807) is 0 Å². The van der Waals surface area contributed by atoms with E-state index < -0.39 is 6.04 Å². The number of hydrogen-bond acceptors (Lipinski definition) is 3. The Morgan fingerprint density at radius 3 is 2.88 bits per heavy atom. The lowest BCUT2D eigenvalue weighted by molar-refractivity contribution is -0.124. The second kappa shape index (κ2) is 4.75. The van der Waals surface area contributed by atoms with Gasteiger partial charge in [0.15, 0.2) is 0 Å². The van der Waals surface area contributed by atoms with Crippen molar-refractivity contribution in [2.24, 2.45) is 0 Å². The topological polar surface area (TPSA) is 52.6 Å². The van der Waals surface area contributed by atoms with Crippen molar-refractivity contribution in [2.75, 3.05) is 24.6 Å². The number of carbonyl (C=O) groups excluding carboxylic acids is 1. The number of nitrogens with one attached hydrogen (secondary N) is 1. The molecule has 1 heterocycles. The van der Waals surface area contributed by atoms with Crippen molar-refractivity contribution in [1.29, 1.82) is 0 Å². The number of piperazine rings is 1. The third-order valence-corrected chi connectivity index (χ3v) is 3.17. The van der Waals surface area contributed by atoms with Gasteiger partial charge in [-0.2, -0.15) is 0 Å². The molecule has 0 aromatic heterocycles. The first-order valence-corrected chi connectivity index (χ1v) is 5.86. The molecule has 4 nitrogen and oxygen atoms in total. The van der Waals surface area contributed by atoms with E-state index in [2.05, 4.69) is 11.4 Å². The van der Waals surface area contributed by atoms with Crippen LogP contribution in [0.2, 0.25) is 0 Å². The highest BCUT2D eigenvalue weighted by Crippen LogP contribution is 2.24. The number of anilines is 1. The van der Waals surface area contributed by atoms with Gasteiger partial charge in [-0.1, -0.05) is 17.7 Å². The van der Waals surface area contributed by atoms with Crippen molar-refractivity contribution in [1.82, 2.24) is 5.32 Å². The van der Waals surface area contributed by atoms with Crippen LogP contribution in [0.1, 0.15) is 11.1 Å². The number of aliphatic hydroxyl groups excluding tert-OH is 1. The molecule has 1 saturated heterocycles. The van der Waals surface area contributed by atoms with Crippen LogP contribution in [0.5, 0.6) is 0 Å². The van der Waals surface area contributed by atoms with Gasteiger partial charge in [-0.25, -0.2) is 0 Å². The fourth-order valence-electron chi connectivity index (χ4n) is 2.31. The first-order chi connectivity index (χ1) is 8.13. The molecule has 1 atom stereocenters. The van der Waals surface area contributed by atoms with Crippen molar-refractivity contribution in [3.8, 4) is 0 Å². The molecule has 0 bridgehead atoms. The normalized spacial score (nSPS) is 20.3. The van der Waals surface area contributed by atoms with E-state index in [-0.39, 0.29) is 12.5 Å². The predicted octanol–water partition coefficient (Wildman–Crippen LogP) is 0.601. The molecule has 17 heavy (non-hydrogen) atoms. The van der Waals surface area contributed by atoms with Gasteiger partial charge in [-0.15, -0.1) is 0 Å². The summed E-state index contributed by atoms with van der Waals surface area (Å²) in [4.78, 5) is 13.7. The fourth-order valence-corrected chi connectivity index (χ4v) is 2.31. The molecule has 1 amide bonds. The van der Waals surface area contributed by atoms with Gasteiger partial charge < -0.3 is 15.3 Å². The molecule has 92 valence electrons. The van der Waals surface area contributed by atoms with Gasteiger partial charge >= 0.3 is 0 Å². The van der Waals surface area contributed by atoms with Crippen LogP contribution in [0.3, 0.4) is 0 Å². The maximum atomic E-state index is 11.7. The third-order valence-electron chi connectivity index (χ3n) is 3.17. The summed E-state index contributed by atoms with van der Waals surface area (Å²) < 4.78 is 0. The number of aliphatic hydroxyl groups is 1. The minimum absolute atomic E-state index is 0.0984. The van der Waals surface area contributed by atoms with Crippen molar-refractivity contribution < 1.29 is 9.90 Å². The Morgan fingerprint density at radius 2 is 2.24 bits per heavy atom. The Hall–Kier alpha value is -1.55. The smallest absolute Gasteiger partial charge is 0.245 e. The first kappa shape index (κ1) is 11.9. The van der Waals surface area contributed by atoms with Crippen LogP contribution in [0.25, 0.3) is 0 Å². The molecule has 1 fully saturated rings. The summed E-state index contributed by atoms with van der Waals surface area (Å²) in [7, 11) is 0. The molecule has 0 saturated carbocycles. The van der Waals surface area contributed by atoms with Crippen LogP contribution in [-0.2, 0) is 4.79 Å². The average molecular weight is 234 g/mol. The maximum absolute atomic E-state index is 11.7. The predicted molar refractivity (Wildman–Crippen MR) is 67.1 cm³/mol. The number of benzene rings is 1. The maximum Gasteiger partial charge on any atom is 0.245 e. The molecule has 1 aromatic carbocycles. The SMILES string of the molecule is Cc1ccc(N2CCNC(=O)C2CO)c(C)c1. The summed E-state index contributed by atoms with van der Waals surface area (Å²) >= 11 is 0. The number of rotatable bonds is 2. The van der Waals surface area contributed by atoms with Crippen LogP contribution in [0, 0.1) is 13.8 Å². The van der Waals surface area contributed by atoms with Crippen molar-refractivity contribution in [3.63, 3.8) is 0 Å². The molecule has 2 rings (SSSR count). The molecule has 1 aliphatic heterocycles. The van der Waals surface area contributed by atoms with Crippen LogP contribution >= 0.6 is 0 Å². The lowest BCUT2D eigenvalue weighted by Crippen LogP contribution is -2.57. The Balaban J connectivity index is 2.33. The van der Waals surface area contributed by atoms with E-state index in [9.17, 15) is 9.90 Å². The highest BCUT2D eigenvalue weighted by Gasteiger charge is 2.29. The molecule has 4 heteroatoms. The lowest BCUT2D eigenvalue weighted by atomic mass is 10.1. The number of aryl methyl sites for hydroxylation is 2. The minimum Gasteiger partial charge on any atom is -0.394 e. The van der Waals surface area contributed by atoms with E-state index >= 15 is 0 Å². The summed E-state index contributed by atoms with van der Waals surface area (Å²) in [5, 5.41) is 12.1. The van der Waals surface area contributed by atoms with E-state index in [1.165, 1.54) is 5.56 Å². The summed E-state index contributed by atoms with van der Waals surface area (Å²) in [6, 6.07) is 5.68. The molecular weight excluding hydrogens is 216 g/mol. The number of carbonyl (C=O) groups is 1. The largest absolute Gasteiger partial charge is 0.394 e. The minimum atomic E-state index is -0.467. The summed E-state index contributed by atoms with van der Waals surface area (Å²) in [6.07, 6.45) is 0. The van der Waals surface area contributed by atoms with Crippen molar-refractivity contribution in [2.45, 2.75) is 19.9 Å². The van der Waals surface area contributed by atoms with Crippen molar-refractivity contribution in [3.05, 3.63) is 29.3 Å². The number of nitrogens with zero attached hydrogens (tertiary/aromatic N) is 1. The van der Waals surface area contributed by atoms with Gasteiger partial charge in [0.25, 0.3) is 0 Å². The van der Waals surface area contributed by atoms with Gasteiger partial charge in [0.2, 0.25) is 5.91 Å². The Morgan fingerprint density at radius 1 is 1.47 bits per heavy atom. The van der Waals surface area contributed by atoms with E-state index in [0.717, 1.165) is 17.8 Å². The first-order valence-electron chi connectivity index (χ1n) is 5.86. The Bertz CT molecular complexity index is 431. The van der Waals surface area contributed by atoms with Gasteiger partial charge in [0, 0.05) is 18.8 Å². The molecule has 0 radical (unpaired) electrons. The highest BCUT2D eigenvalue weighted by molar-refractivity contribution is 5.87. The summed E-state index contributed by atoms with van der Waals surface area (Å²) in [5.74, 6) is -0.0984. The summed E-state index contributed by atoms with van der Waals surface area (Å²) in [5.41, 5.74) is 3.37. The van der Waals surface area contributed by atoms with Crippen LogP contribution in [-0.4, -0.2) is 36.8 Å². The monoisotopic (exact) mass is 234 g/mol. The molecule has 1 aromatic rings. The average Bonchev–Trinajstić information content (AvgIpc) is 2.29. The van der Waals surface area contributed by atoms with Gasteiger partial charge in [0.1, 0.15) is 6.04 Å². The molecule has 1 unspecified atom stereocenters. The number of hydrogen-bond donors (Lipinski definition) is 2. The van der Waals surface area contributed by atoms with Crippen LogP contribution < -0.4 is 10.2 Å². The zero-order valence-electron chi connectivity index (χ0n) is 10.2. The number of amides is 1. The highest BCUT2D eigenvalue weighted by atomic mass is 16.3. The van der Waals surface area contributed by atoms with Crippen molar-refractivity contribution >= 4 is 11.6 Å². The van der Waals surface area contributed by atoms with Gasteiger partial charge in [0.05, 0.1) is 6.61 Å². The second-order valence-electron chi connectivity index (χ2n) is 4.47. The second-order valence-corrected chi connectivity index (χ2v) is 4.47. The molecule has 0 spiro atoms. The third kappa shape index (κ3) is 2.26. The zero-order valence-corrected chi connectivity index (χ0v) is 10.2. The molecule has 0 aliphatic carbocycles. The molecule has 2 N–H and O–H groups in total. The Kier molecular flexibility index (Phi) is 3.33. The summed E-state index contributed by atoms with van der Waals surface area (Å²) in [6.45, 7) is 5.29. The van der Waals surface area contributed by atoms with E-state index in [0.29, 0.717) is 6.54 Å². The quantitative estimate of drug-likeness (QED) is 0.788.